The van der Waals surface area contributed by atoms with Gasteiger partial charge in [0, 0.05) is 5.56 Å². The number of hydrogen-bond acceptors (Lipinski definition) is 8. The molecule has 0 unspecified atom stereocenters. The second-order valence-corrected chi connectivity index (χ2v) is 9.72. The summed E-state index contributed by atoms with van der Waals surface area (Å²) in [6.45, 7) is 4.35. The minimum absolute atomic E-state index is 0.0275. The first-order valence-corrected chi connectivity index (χ1v) is 12.8. The van der Waals surface area contributed by atoms with Crippen LogP contribution in [0.25, 0.3) is 16.0 Å². The van der Waals surface area contributed by atoms with Crippen LogP contribution in [0.5, 0.6) is 17.2 Å². The number of aromatic nitrogens is 1. The van der Waals surface area contributed by atoms with Gasteiger partial charge in [-0.25, -0.2) is 4.98 Å². The minimum atomic E-state index is -0.942. The van der Waals surface area contributed by atoms with Crippen LogP contribution < -0.4 is 19.1 Å². The molecule has 1 saturated heterocycles. The van der Waals surface area contributed by atoms with E-state index in [2.05, 4.69) is 4.98 Å². The van der Waals surface area contributed by atoms with Crippen molar-refractivity contribution in [2.45, 2.75) is 19.9 Å². The first-order chi connectivity index (χ1) is 18.4. The van der Waals surface area contributed by atoms with Gasteiger partial charge in [0.25, 0.3) is 5.78 Å². The molecular weight excluding hydrogens is 504 g/mol. The fourth-order valence-electron chi connectivity index (χ4n) is 4.49. The number of aryl methyl sites for hydroxylation is 1. The van der Waals surface area contributed by atoms with E-state index in [1.165, 1.54) is 30.5 Å². The first-order valence-electron chi connectivity index (χ1n) is 12.0. The van der Waals surface area contributed by atoms with Gasteiger partial charge in [0.1, 0.15) is 11.5 Å². The number of rotatable bonds is 7. The number of anilines is 1. The maximum Gasteiger partial charge on any atom is 0.301 e. The Morgan fingerprint density at radius 1 is 1.00 bits per heavy atom. The predicted octanol–water partition coefficient (Wildman–Crippen LogP) is 5.65. The van der Waals surface area contributed by atoms with Crippen molar-refractivity contribution < 1.29 is 28.9 Å². The van der Waals surface area contributed by atoms with E-state index in [9.17, 15) is 14.7 Å². The molecule has 1 aliphatic rings. The van der Waals surface area contributed by atoms with Crippen LogP contribution >= 0.6 is 11.3 Å². The van der Waals surface area contributed by atoms with Gasteiger partial charge in [0.05, 0.1) is 42.7 Å². The maximum absolute atomic E-state index is 13.5. The molecule has 1 aromatic heterocycles. The van der Waals surface area contributed by atoms with Gasteiger partial charge in [-0.05, 0) is 49.7 Å². The van der Waals surface area contributed by atoms with Crippen LogP contribution in [-0.4, -0.2) is 42.6 Å². The predicted molar refractivity (Wildman–Crippen MR) is 146 cm³/mol. The zero-order valence-electron chi connectivity index (χ0n) is 21.3. The Bertz CT molecular complexity index is 1570. The summed E-state index contributed by atoms with van der Waals surface area (Å²) in [5, 5.41) is 11.7. The summed E-state index contributed by atoms with van der Waals surface area (Å²) < 4.78 is 17.3. The maximum atomic E-state index is 13.5. The average Bonchev–Trinajstić information content (AvgIpc) is 3.46. The number of amides is 1. The monoisotopic (exact) mass is 530 g/mol. The molecule has 0 bridgehead atoms. The molecule has 1 atom stereocenters. The Hall–Kier alpha value is -4.37. The number of thiazole rings is 1. The van der Waals surface area contributed by atoms with Gasteiger partial charge in [0.2, 0.25) is 0 Å². The number of benzene rings is 3. The third-order valence-electron chi connectivity index (χ3n) is 6.36. The van der Waals surface area contributed by atoms with E-state index in [0.29, 0.717) is 45.6 Å². The standard InChI is InChI=1S/C29H26N2O6S/c1-5-37-19-11-12-20-23(15-19)38-29(30-20)31-25(18-10-13-21(35-3)22(14-18)36-4)24(27(33)28(31)34)26(32)17-8-6-16(2)7-9-17/h6-15,25,32H,5H2,1-4H3/t25-/m0/s1. The number of fused-ring (bicyclic) bond motifs is 1. The summed E-state index contributed by atoms with van der Waals surface area (Å²) >= 11 is 1.27. The van der Waals surface area contributed by atoms with Crippen LogP contribution in [-0.2, 0) is 9.59 Å². The number of aliphatic hydroxyl groups excluding tert-OH is 1. The van der Waals surface area contributed by atoms with Crippen molar-refractivity contribution in [1.29, 1.82) is 0 Å². The molecule has 0 radical (unpaired) electrons. The van der Waals surface area contributed by atoms with Crippen LogP contribution in [0.15, 0.2) is 66.2 Å². The molecule has 9 heteroatoms. The number of ketones is 1. The van der Waals surface area contributed by atoms with E-state index < -0.39 is 17.7 Å². The van der Waals surface area contributed by atoms with Crippen LogP contribution in [0.4, 0.5) is 5.13 Å². The van der Waals surface area contributed by atoms with Crippen LogP contribution in [0.2, 0.25) is 0 Å². The Labute approximate surface area is 223 Å². The van der Waals surface area contributed by atoms with Crippen LogP contribution in [0.1, 0.15) is 29.7 Å². The van der Waals surface area contributed by atoms with Crippen molar-refractivity contribution in [2.24, 2.45) is 0 Å². The summed E-state index contributed by atoms with van der Waals surface area (Å²) in [7, 11) is 3.03. The number of carbonyl (C=O) groups excluding carboxylic acids is 2. The van der Waals surface area contributed by atoms with Gasteiger partial charge in [-0.1, -0.05) is 47.2 Å². The van der Waals surface area contributed by atoms with Crippen molar-refractivity contribution >= 4 is 44.1 Å². The topological polar surface area (TPSA) is 98.2 Å². The van der Waals surface area contributed by atoms with E-state index in [1.54, 1.807) is 30.3 Å². The van der Waals surface area contributed by atoms with Gasteiger partial charge in [-0.3, -0.25) is 14.5 Å². The lowest BCUT2D eigenvalue weighted by Crippen LogP contribution is -2.29. The molecule has 8 nitrogen and oxygen atoms in total. The lowest BCUT2D eigenvalue weighted by atomic mass is 9.95. The highest BCUT2D eigenvalue weighted by molar-refractivity contribution is 7.22. The Morgan fingerprint density at radius 3 is 2.42 bits per heavy atom. The van der Waals surface area contributed by atoms with E-state index in [1.807, 2.05) is 44.2 Å². The Morgan fingerprint density at radius 2 is 1.74 bits per heavy atom. The molecule has 194 valence electrons. The smallest absolute Gasteiger partial charge is 0.301 e. The summed E-state index contributed by atoms with van der Waals surface area (Å²) in [6.07, 6.45) is 0. The second-order valence-electron chi connectivity index (χ2n) is 8.71. The molecule has 5 rings (SSSR count). The largest absolute Gasteiger partial charge is 0.507 e. The van der Waals surface area contributed by atoms with Crippen LogP contribution in [0.3, 0.4) is 0 Å². The fourth-order valence-corrected chi connectivity index (χ4v) is 5.51. The molecule has 1 N–H and O–H groups in total. The van der Waals surface area contributed by atoms with Crippen molar-refractivity contribution in [3.05, 3.63) is 82.9 Å². The zero-order valence-corrected chi connectivity index (χ0v) is 22.2. The summed E-state index contributed by atoms with van der Waals surface area (Å²) in [5.41, 5.74) is 2.63. The third-order valence-corrected chi connectivity index (χ3v) is 7.38. The summed E-state index contributed by atoms with van der Waals surface area (Å²) in [4.78, 5) is 33.0. The van der Waals surface area contributed by atoms with Crippen molar-refractivity contribution in [3.63, 3.8) is 0 Å². The summed E-state index contributed by atoms with van der Waals surface area (Å²) in [5.74, 6) is -0.218. The molecule has 2 heterocycles. The van der Waals surface area contributed by atoms with Crippen LogP contribution in [0, 0.1) is 6.92 Å². The molecule has 4 aromatic rings. The Balaban J connectivity index is 1.71. The van der Waals surface area contributed by atoms with Crippen molar-refractivity contribution in [2.75, 3.05) is 25.7 Å². The molecule has 0 saturated carbocycles. The molecule has 1 fully saturated rings. The average molecular weight is 531 g/mol. The molecular formula is C29H26N2O6S. The molecule has 1 amide bonds. The summed E-state index contributed by atoms with van der Waals surface area (Å²) in [6, 6.07) is 16.8. The number of carbonyl (C=O) groups is 2. The Kier molecular flexibility index (Phi) is 6.77. The number of hydrogen-bond donors (Lipinski definition) is 1. The second kappa shape index (κ2) is 10.2. The highest BCUT2D eigenvalue weighted by atomic mass is 32.1. The quantitative estimate of drug-likeness (QED) is 0.187. The highest BCUT2D eigenvalue weighted by Crippen LogP contribution is 2.46. The highest BCUT2D eigenvalue weighted by Gasteiger charge is 2.48. The lowest BCUT2D eigenvalue weighted by Gasteiger charge is -2.23. The normalized spacial score (nSPS) is 16.7. The van der Waals surface area contributed by atoms with Crippen molar-refractivity contribution in [1.82, 2.24) is 4.98 Å². The molecule has 1 aliphatic heterocycles. The molecule has 3 aromatic carbocycles. The number of aliphatic hydroxyl groups is 1. The number of ether oxygens (including phenoxy) is 3. The van der Waals surface area contributed by atoms with Gasteiger partial charge < -0.3 is 19.3 Å². The van der Waals surface area contributed by atoms with Gasteiger partial charge in [-0.15, -0.1) is 0 Å². The van der Waals surface area contributed by atoms with E-state index >= 15 is 0 Å². The third kappa shape index (κ3) is 4.35. The fraction of sp³-hybridized carbons (Fsp3) is 0.207. The molecule has 38 heavy (non-hydrogen) atoms. The first kappa shape index (κ1) is 25.3. The SMILES string of the molecule is CCOc1ccc2nc(N3C(=O)C(=O)C(=C(O)c4ccc(C)cc4)[C@@H]3c3ccc(OC)c(OC)c3)sc2c1. The van der Waals surface area contributed by atoms with Crippen molar-refractivity contribution in [3.8, 4) is 17.2 Å². The van der Waals surface area contributed by atoms with Gasteiger partial charge >= 0.3 is 5.91 Å². The zero-order chi connectivity index (χ0) is 27.0. The lowest BCUT2D eigenvalue weighted by molar-refractivity contribution is -0.132. The molecule has 0 spiro atoms. The number of methoxy groups -OCH3 is 2. The van der Waals surface area contributed by atoms with Gasteiger partial charge in [-0.2, -0.15) is 0 Å². The van der Waals surface area contributed by atoms with E-state index in [-0.39, 0.29) is 11.3 Å². The molecule has 0 aliphatic carbocycles. The number of Topliss-reactive ketones (excluding diaryl/α,β-unsaturated/α-hetero) is 1. The number of nitrogens with zero attached hydrogens (tertiary/aromatic N) is 2. The van der Waals surface area contributed by atoms with E-state index in [0.717, 1.165) is 10.3 Å². The van der Waals surface area contributed by atoms with Gasteiger partial charge in [0.15, 0.2) is 16.6 Å². The minimum Gasteiger partial charge on any atom is -0.507 e. The van der Waals surface area contributed by atoms with E-state index in [4.69, 9.17) is 14.2 Å².